The Kier molecular flexibility index (Phi) is 5.20. The van der Waals surface area contributed by atoms with Crippen molar-refractivity contribution in [2.45, 2.75) is 32.8 Å². The van der Waals surface area contributed by atoms with E-state index >= 15 is 0 Å². The van der Waals surface area contributed by atoms with Gasteiger partial charge in [0.25, 0.3) is 0 Å². The van der Waals surface area contributed by atoms with Crippen LogP contribution in [0.25, 0.3) is 10.2 Å². The third kappa shape index (κ3) is 3.32. The van der Waals surface area contributed by atoms with Gasteiger partial charge >= 0.3 is 6.09 Å². The normalized spacial score (nSPS) is 17.5. The van der Waals surface area contributed by atoms with E-state index < -0.39 is 12.2 Å². The zero-order valence-electron chi connectivity index (χ0n) is 14.1. The van der Waals surface area contributed by atoms with Gasteiger partial charge in [-0.25, -0.2) is 9.78 Å². The van der Waals surface area contributed by atoms with Crippen LogP contribution >= 0.6 is 11.3 Å². The third-order valence-electron chi connectivity index (χ3n) is 4.01. The van der Waals surface area contributed by atoms with Crippen molar-refractivity contribution >= 4 is 38.5 Å². The average Bonchev–Trinajstić information content (AvgIpc) is 3.17. The first-order valence-corrected chi connectivity index (χ1v) is 9.22. The highest BCUT2D eigenvalue weighted by Crippen LogP contribution is 2.33. The molecule has 2 heterocycles. The Bertz CT molecular complexity index is 712. The van der Waals surface area contributed by atoms with E-state index in [0.29, 0.717) is 6.54 Å². The van der Waals surface area contributed by atoms with Crippen LogP contribution in [0.4, 0.5) is 15.6 Å². The summed E-state index contributed by atoms with van der Waals surface area (Å²) in [6, 6.07) is 5.81. The summed E-state index contributed by atoms with van der Waals surface area (Å²) in [6.45, 7) is 6.56. The van der Waals surface area contributed by atoms with Crippen molar-refractivity contribution in [1.82, 2.24) is 4.98 Å². The number of benzene rings is 1. The number of hydrogen-bond donors (Lipinski definition) is 1. The molecular weight excluding hydrogens is 326 g/mol. The van der Waals surface area contributed by atoms with Crippen molar-refractivity contribution < 1.29 is 14.6 Å². The predicted molar refractivity (Wildman–Crippen MR) is 97.1 cm³/mol. The van der Waals surface area contributed by atoms with Crippen LogP contribution in [0, 0.1) is 0 Å². The summed E-state index contributed by atoms with van der Waals surface area (Å²) in [5, 5.41) is 10.2. The lowest BCUT2D eigenvalue weighted by atomic mass is 10.2. The van der Waals surface area contributed by atoms with E-state index in [2.05, 4.69) is 18.7 Å². The smallest absolute Gasteiger partial charge is 0.414 e. The number of rotatable bonds is 7. The van der Waals surface area contributed by atoms with Crippen molar-refractivity contribution in [2.24, 2.45) is 0 Å². The lowest BCUT2D eigenvalue weighted by Crippen LogP contribution is -2.25. The molecule has 130 valence electrons. The molecule has 24 heavy (non-hydrogen) atoms. The molecule has 1 aliphatic heterocycles. The van der Waals surface area contributed by atoms with Crippen LogP contribution in [-0.4, -0.2) is 48.5 Å². The first kappa shape index (κ1) is 17.0. The van der Waals surface area contributed by atoms with E-state index in [1.807, 2.05) is 18.2 Å². The largest absolute Gasteiger partial charge is 0.441 e. The van der Waals surface area contributed by atoms with Crippen molar-refractivity contribution in [2.75, 3.05) is 36.0 Å². The summed E-state index contributed by atoms with van der Waals surface area (Å²) in [7, 11) is 0. The molecule has 6 nitrogen and oxygen atoms in total. The fraction of sp³-hybridized carbons (Fsp3) is 0.529. The number of ether oxygens (including phenoxy) is 1. The lowest BCUT2D eigenvalue weighted by molar-refractivity contribution is 0.0963. The van der Waals surface area contributed by atoms with Gasteiger partial charge in [-0.05, 0) is 31.0 Å². The van der Waals surface area contributed by atoms with Crippen LogP contribution in [0.1, 0.15) is 26.7 Å². The Labute approximate surface area is 145 Å². The molecule has 1 saturated heterocycles. The van der Waals surface area contributed by atoms with Gasteiger partial charge < -0.3 is 14.7 Å². The molecule has 0 radical (unpaired) electrons. The number of fused-ring (bicyclic) bond motifs is 1. The standard InChI is InChI=1S/C17H23N3O3S/c1-3-7-19(8-4-2)16-18-14-6-5-12(9-15(14)24-16)20-10-13(11-21)23-17(20)22/h5-6,9,13,21H,3-4,7-8,10-11H2,1-2H3. The van der Waals surface area contributed by atoms with Crippen molar-refractivity contribution in [3.8, 4) is 0 Å². The first-order chi connectivity index (χ1) is 11.7. The number of anilines is 2. The lowest BCUT2D eigenvalue weighted by Gasteiger charge is -2.19. The third-order valence-corrected chi connectivity index (χ3v) is 5.09. The number of nitrogens with zero attached hydrogens (tertiary/aromatic N) is 3. The Hall–Kier alpha value is -1.86. The molecule has 1 aromatic carbocycles. The minimum absolute atomic E-state index is 0.155. The van der Waals surface area contributed by atoms with Gasteiger partial charge in [-0.3, -0.25) is 4.90 Å². The molecule has 1 amide bonds. The minimum Gasteiger partial charge on any atom is -0.441 e. The number of cyclic esters (lactones) is 1. The van der Waals surface area contributed by atoms with E-state index in [4.69, 9.17) is 14.8 Å². The molecule has 1 atom stereocenters. The molecule has 1 unspecified atom stereocenters. The molecule has 2 aromatic rings. The van der Waals surface area contributed by atoms with Crippen molar-refractivity contribution in [3.05, 3.63) is 18.2 Å². The zero-order chi connectivity index (χ0) is 17.1. The summed E-state index contributed by atoms with van der Waals surface area (Å²) < 4.78 is 6.17. The van der Waals surface area contributed by atoms with E-state index in [-0.39, 0.29) is 6.61 Å². The number of aliphatic hydroxyl groups excluding tert-OH is 1. The highest BCUT2D eigenvalue weighted by Gasteiger charge is 2.32. The number of aliphatic hydroxyl groups is 1. The number of carbonyl (C=O) groups is 1. The number of aromatic nitrogens is 1. The van der Waals surface area contributed by atoms with Crippen LogP contribution in [-0.2, 0) is 4.74 Å². The van der Waals surface area contributed by atoms with Crippen LogP contribution < -0.4 is 9.80 Å². The SMILES string of the molecule is CCCN(CCC)c1nc2ccc(N3CC(CO)OC3=O)cc2s1. The zero-order valence-corrected chi connectivity index (χ0v) is 14.9. The van der Waals surface area contributed by atoms with E-state index in [1.54, 1.807) is 16.2 Å². The van der Waals surface area contributed by atoms with Crippen LogP contribution in [0.15, 0.2) is 18.2 Å². The van der Waals surface area contributed by atoms with Gasteiger partial charge in [-0.1, -0.05) is 25.2 Å². The maximum Gasteiger partial charge on any atom is 0.414 e. The van der Waals surface area contributed by atoms with Gasteiger partial charge in [0.2, 0.25) is 0 Å². The molecule has 1 aliphatic rings. The van der Waals surface area contributed by atoms with Crippen molar-refractivity contribution in [3.63, 3.8) is 0 Å². The van der Waals surface area contributed by atoms with Crippen molar-refractivity contribution in [1.29, 1.82) is 0 Å². The summed E-state index contributed by atoms with van der Waals surface area (Å²) in [5.41, 5.74) is 1.73. The second-order valence-electron chi connectivity index (χ2n) is 5.93. The summed E-state index contributed by atoms with van der Waals surface area (Å²) in [5.74, 6) is 0. The van der Waals surface area contributed by atoms with Gasteiger partial charge in [0.05, 0.1) is 23.4 Å². The maximum atomic E-state index is 11.9. The molecular formula is C17H23N3O3S. The second kappa shape index (κ2) is 7.36. The molecule has 0 aliphatic carbocycles. The summed E-state index contributed by atoms with van der Waals surface area (Å²) in [6.07, 6.45) is 1.32. The van der Waals surface area contributed by atoms with Gasteiger partial charge in [-0.2, -0.15) is 0 Å². The molecule has 0 spiro atoms. The molecule has 3 rings (SSSR count). The van der Waals surface area contributed by atoms with Gasteiger partial charge in [0, 0.05) is 18.8 Å². The van der Waals surface area contributed by atoms with E-state index in [0.717, 1.165) is 47.0 Å². The Balaban J connectivity index is 1.87. The van der Waals surface area contributed by atoms with Crippen LogP contribution in [0.3, 0.4) is 0 Å². The topological polar surface area (TPSA) is 65.9 Å². The van der Waals surface area contributed by atoms with Crippen LogP contribution in [0.2, 0.25) is 0 Å². The Morgan fingerprint density at radius 3 is 2.75 bits per heavy atom. The molecule has 1 fully saturated rings. The fourth-order valence-corrected chi connectivity index (χ4v) is 3.92. The van der Waals surface area contributed by atoms with E-state index in [1.165, 1.54) is 0 Å². The van der Waals surface area contributed by atoms with Gasteiger partial charge in [0.15, 0.2) is 5.13 Å². The summed E-state index contributed by atoms with van der Waals surface area (Å²) in [4.78, 5) is 20.6. The molecule has 1 aromatic heterocycles. The number of carbonyl (C=O) groups excluding carboxylic acids is 1. The molecule has 7 heteroatoms. The second-order valence-corrected chi connectivity index (χ2v) is 6.94. The molecule has 0 saturated carbocycles. The minimum atomic E-state index is -0.449. The quantitative estimate of drug-likeness (QED) is 0.831. The van der Waals surface area contributed by atoms with Gasteiger partial charge in [-0.15, -0.1) is 0 Å². The highest BCUT2D eigenvalue weighted by molar-refractivity contribution is 7.22. The Morgan fingerprint density at radius 1 is 1.38 bits per heavy atom. The van der Waals surface area contributed by atoms with Gasteiger partial charge in [0.1, 0.15) is 6.10 Å². The maximum absolute atomic E-state index is 11.9. The van der Waals surface area contributed by atoms with Crippen LogP contribution in [0.5, 0.6) is 0 Å². The number of amides is 1. The first-order valence-electron chi connectivity index (χ1n) is 8.40. The van der Waals surface area contributed by atoms with E-state index in [9.17, 15) is 4.79 Å². The Morgan fingerprint density at radius 2 is 2.12 bits per heavy atom. The highest BCUT2D eigenvalue weighted by atomic mass is 32.1. The number of hydrogen-bond acceptors (Lipinski definition) is 6. The number of thiazole rings is 1. The average molecular weight is 349 g/mol. The molecule has 1 N–H and O–H groups in total. The molecule has 0 bridgehead atoms. The predicted octanol–water partition coefficient (Wildman–Crippen LogP) is 3.24. The summed E-state index contributed by atoms with van der Waals surface area (Å²) >= 11 is 1.65. The fourth-order valence-electron chi connectivity index (χ4n) is 2.87. The monoisotopic (exact) mass is 349 g/mol.